The van der Waals surface area contributed by atoms with Crippen molar-refractivity contribution in [2.24, 2.45) is 5.92 Å². The summed E-state index contributed by atoms with van der Waals surface area (Å²) in [5.41, 5.74) is 3.83. The number of nitrogens with zero attached hydrogens (tertiary/aromatic N) is 3. The van der Waals surface area contributed by atoms with E-state index in [9.17, 15) is 9.90 Å². The van der Waals surface area contributed by atoms with E-state index >= 15 is 0 Å². The molecule has 0 atom stereocenters. The Morgan fingerprint density at radius 1 is 1.22 bits per heavy atom. The fourth-order valence-electron chi connectivity index (χ4n) is 3.90. The van der Waals surface area contributed by atoms with Crippen LogP contribution in [0.4, 0.5) is 5.69 Å². The molecule has 3 heterocycles. The van der Waals surface area contributed by atoms with Crippen LogP contribution in [0.15, 0.2) is 30.5 Å². The summed E-state index contributed by atoms with van der Waals surface area (Å²) in [6.45, 7) is 4.46. The van der Waals surface area contributed by atoms with Crippen molar-refractivity contribution in [1.29, 1.82) is 0 Å². The second kappa shape index (κ2) is 10.0. The van der Waals surface area contributed by atoms with Gasteiger partial charge in [0.05, 0.1) is 32.5 Å². The zero-order valence-corrected chi connectivity index (χ0v) is 19.0. The van der Waals surface area contributed by atoms with E-state index in [0.29, 0.717) is 39.5 Å². The number of likely N-dealkylation sites (tertiary alicyclic amines) is 1. The van der Waals surface area contributed by atoms with E-state index in [-0.39, 0.29) is 29.0 Å². The van der Waals surface area contributed by atoms with Crippen LogP contribution in [0.2, 0.25) is 10.0 Å². The number of hydrogen-bond donors (Lipinski definition) is 2. The zero-order chi connectivity index (χ0) is 22.1. The molecule has 1 aromatic carbocycles. The molecule has 170 valence electrons. The number of pyridine rings is 2. The van der Waals surface area contributed by atoms with E-state index < -0.39 is 0 Å². The molecule has 2 N–H and O–H groups in total. The number of benzene rings is 1. The van der Waals surface area contributed by atoms with Crippen molar-refractivity contribution in [2.75, 3.05) is 32.0 Å². The van der Waals surface area contributed by atoms with Gasteiger partial charge in [-0.2, -0.15) is 0 Å². The van der Waals surface area contributed by atoms with Crippen LogP contribution in [0.3, 0.4) is 0 Å². The molecular weight excluding hydrogens is 447 g/mol. The standard InChI is InChI=1S/C23H24Cl2N4O2.CH4/c1-13(30)16-12-26-20-4-3-19(15-9-17(24)23(31)18(25)10-15)28-22(20)21(16)27-11-14-5-7-29(2)8-6-14;/h3-4,9-10,12,14,31H,5-8,11H2,1-2H3,(H,26,27);1H4. The lowest BCUT2D eigenvalue weighted by Crippen LogP contribution is -2.33. The third-order valence-electron chi connectivity index (χ3n) is 5.81. The van der Waals surface area contributed by atoms with Crippen LogP contribution >= 0.6 is 23.2 Å². The van der Waals surface area contributed by atoms with Crippen LogP contribution < -0.4 is 5.32 Å². The van der Waals surface area contributed by atoms with Crippen LogP contribution in [-0.2, 0) is 0 Å². The number of carbonyl (C=O) groups is 1. The number of fused-ring (bicyclic) bond motifs is 1. The summed E-state index contributed by atoms with van der Waals surface area (Å²) >= 11 is 12.2. The normalized spacial score (nSPS) is 14.9. The summed E-state index contributed by atoms with van der Waals surface area (Å²) in [5.74, 6) is 0.314. The molecule has 0 aliphatic carbocycles. The molecule has 0 bridgehead atoms. The van der Waals surface area contributed by atoms with Gasteiger partial charge in [-0.05, 0) is 70.1 Å². The van der Waals surface area contributed by atoms with Crippen molar-refractivity contribution in [2.45, 2.75) is 27.2 Å². The number of hydrogen-bond acceptors (Lipinski definition) is 6. The monoisotopic (exact) mass is 474 g/mol. The molecule has 0 radical (unpaired) electrons. The zero-order valence-electron chi connectivity index (χ0n) is 17.5. The van der Waals surface area contributed by atoms with Gasteiger partial charge in [0, 0.05) is 18.3 Å². The summed E-state index contributed by atoms with van der Waals surface area (Å²) in [5, 5.41) is 13.7. The number of Topliss-reactive ketones (excluding diaryl/α,β-unsaturated/α-hetero) is 1. The molecule has 3 aromatic rings. The minimum absolute atomic E-state index is 0. The lowest BCUT2D eigenvalue weighted by atomic mass is 9.97. The Bertz CT molecular complexity index is 1120. The van der Waals surface area contributed by atoms with Crippen molar-refractivity contribution in [3.05, 3.63) is 46.1 Å². The molecule has 1 fully saturated rings. The number of piperidine rings is 1. The third kappa shape index (κ3) is 4.98. The molecule has 8 heteroatoms. The maximum Gasteiger partial charge on any atom is 0.163 e. The minimum Gasteiger partial charge on any atom is -0.505 e. The number of phenolic OH excluding ortho intramolecular Hbond substituents is 1. The van der Waals surface area contributed by atoms with Gasteiger partial charge in [0.15, 0.2) is 11.5 Å². The fraction of sp³-hybridized carbons (Fsp3) is 0.375. The maximum atomic E-state index is 12.3. The van der Waals surface area contributed by atoms with Crippen LogP contribution in [0.1, 0.15) is 37.6 Å². The predicted molar refractivity (Wildman–Crippen MR) is 132 cm³/mol. The molecular formula is C24H28Cl2N4O2. The minimum atomic E-state index is -0.158. The van der Waals surface area contributed by atoms with E-state index in [1.54, 1.807) is 18.3 Å². The summed E-state index contributed by atoms with van der Waals surface area (Å²) in [4.78, 5) is 23.9. The second-order valence-corrected chi connectivity index (χ2v) is 8.90. The first-order valence-electron chi connectivity index (χ1n) is 10.2. The van der Waals surface area contributed by atoms with Gasteiger partial charge in [-0.25, -0.2) is 4.98 Å². The van der Waals surface area contributed by atoms with Gasteiger partial charge in [0.25, 0.3) is 0 Å². The molecule has 32 heavy (non-hydrogen) atoms. The molecule has 0 amide bonds. The number of aromatic hydroxyl groups is 1. The maximum absolute atomic E-state index is 12.3. The Kier molecular flexibility index (Phi) is 7.59. The topological polar surface area (TPSA) is 78.3 Å². The Balaban J connectivity index is 0.00000289. The summed E-state index contributed by atoms with van der Waals surface area (Å²) in [7, 11) is 2.14. The van der Waals surface area contributed by atoms with Gasteiger partial charge in [-0.3, -0.25) is 9.78 Å². The van der Waals surface area contributed by atoms with Crippen molar-refractivity contribution < 1.29 is 9.90 Å². The highest BCUT2D eigenvalue weighted by Gasteiger charge is 2.20. The lowest BCUT2D eigenvalue weighted by molar-refractivity contribution is 0.101. The fourth-order valence-corrected chi connectivity index (χ4v) is 4.39. The molecule has 0 saturated carbocycles. The first-order chi connectivity index (χ1) is 14.8. The number of aromatic nitrogens is 2. The van der Waals surface area contributed by atoms with Crippen LogP contribution in [0, 0.1) is 5.92 Å². The van der Waals surface area contributed by atoms with Gasteiger partial charge >= 0.3 is 0 Å². The van der Waals surface area contributed by atoms with E-state index in [1.807, 2.05) is 12.1 Å². The Morgan fingerprint density at radius 2 is 1.88 bits per heavy atom. The van der Waals surface area contributed by atoms with Gasteiger partial charge in [0.2, 0.25) is 0 Å². The summed E-state index contributed by atoms with van der Waals surface area (Å²) in [6.07, 6.45) is 3.84. The second-order valence-electron chi connectivity index (χ2n) is 8.08. The Labute approximate surface area is 198 Å². The molecule has 4 rings (SSSR count). The first kappa shape index (κ1) is 24.2. The molecule has 0 spiro atoms. The number of ketones is 1. The smallest absolute Gasteiger partial charge is 0.163 e. The van der Waals surface area contributed by atoms with Crippen LogP contribution in [0.25, 0.3) is 22.3 Å². The highest BCUT2D eigenvalue weighted by Crippen LogP contribution is 2.37. The largest absolute Gasteiger partial charge is 0.505 e. The van der Waals surface area contributed by atoms with E-state index in [4.69, 9.17) is 28.2 Å². The highest BCUT2D eigenvalue weighted by molar-refractivity contribution is 6.37. The number of nitrogens with one attached hydrogen (secondary N) is 1. The molecule has 1 saturated heterocycles. The summed E-state index contributed by atoms with van der Waals surface area (Å²) in [6, 6.07) is 6.91. The average Bonchev–Trinajstić information content (AvgIpc) is 2.76. The lowest BCUT2D eigenvalue weighted by Gasteiger charge is -2.29. The van der Waals surface area contributed by atoms with Gasteiger partial charge in [0.1, 0.15) is 5.52 Å². The number of phenols is 1. The molecule has 1 aliphatic rings. The van der Waals surface area contributed by atoms with E-state index in [1.165, 1.54) is 6.92 Å². The number of halogens is 2. The summed E-state index contributed by atoms with van der Waals surface area (Å²) < 4.78 is 0. The van der Waals surface area contributed by atoms with Crippen molar-refractivity contribution in [3.8, 4) is 17.0 Å². The van der Waals surface area contributed by atoms with E-state index in [0.717, 1.165) is 32.5 Å². The van der Waals surface area contributed by atoms with Crippen LogP contribution in [-0.4, -0.2) is 52.4 Å². The Hall–Kier alpha value is -2.41. The van der Waals surface area contributed by atoms with Gasteiger partial charge in [-0.1, -0.05) is 30.6 Å². The third-order valence-corrected chi connectivity index (χ3v) is 6.39. The number of carbonyl (C=O) groups excluding carboxylic acids is 1. The van der Waals surface area contributed by atoms with Crippen molar-refractivity contribution in [1.82, 2.24) is 14.9 Å². The first-order valence-corrected chi connectivity index (χ1v) is 11.0. The van der Waals surface area contributed by atoms with Gasteiger partial charge < -0.3 is 15.3 Å². The highest BCUT2D eigenvalue weighted by atomic mass is 35.5. The number of anilines is 1. The van der Waals surface area contributed by atoms with Crippen molar-refractivity contribution >= 4 is 45.7 Å². The SMILES string of the molecule is C.CC(=O)c1cnc2ccc(-c3cc(Cl)c(O)c(Cl)c3)nc2c1NCC1CCN(C)CC1. The van der Waals surface area contributed by atoms with E-state index in [2.05, 4.69) is 22.2 Å². The Morgan fingerprint density at radius 3 is 2.50 bits per heavy atom. The van der Waals surface area contributed by atoms with Gasteiger partial charge in [-0.15, -0.1) is 0 Å². The molecule has 1 aliphatic heterocycles. The van der Waals surface area contributed by atoms with Crippen molar-refractivity contribution in [3.63, 3.8) is 0 Å². The molecule has 0 unspecified atom stereocenters. The molecule has 6 nitrogen and oxygen atoms in total. The predicted octanol–water partition coefficient (Wildman–Crippen LogP) is 5.90. The number of rotatable bonds is 5. The quantitative estimate of drug-likeness (QED) is 0.448. The average molecular weight is 475 g/mol. The molecule has 2 aromatic heterocycles. The van der Waals surface area contributed by atoms with Crippen LogP contribution in [0.5, 0.6) is 5.75 Å².